The number of benzene rings is 1. The molecule has 6 heteroatoms. The lowest BCUT2D eigenvalue weighted by molar-refractivity contribution is -0.137. The highest BCUT2D eigenvalue weighted by atomic mass is 32.2. The highest BCUT2D eigenvalue weighted by Gasteiger charge is 2.30. The van der Waals surface area contributed by atoms with Crippen molar-refractivity contribution in [2.75, 3.05) is 38.6 Å². The summed E-state index contributed by atoms with van der Waals surface area (Å²) in [5.41, 5.74) is -0.580. The summed E-state index contributed by atoms with van der Waals surface area (Å²) in [6.45, 7) is 4.18. The van der Waals surface area contributed by atoms with E-state index in [4.69, 9.17) is 4.74 Å². The number of hydrogen-bond donors (Lipinski definition) is 0. The molecular weight excluding hydrogens is 275 g/mol. The second-order valence-corrected chi connectivity index (χ2v) is 5.50. The monoisotopic (exact) mass is 291 g/mol. The van der Waals surface area contributed by atoms with E-state index in [0.29, 0.717) is 4.90 Å². The number of rotatable bonds is 4. The summed E-state index contributed by atoms with van der Waals surface area (Å²) in [5.74, 6) is 0.793. The number of ether oxygens (including phenoxy) is 1. The molecule has 19 heavy (non-hydrogen) atoms. The molecule has 0 atom stereocenters. The fourth-order valence-corrected chi connectivity index (χ4v) is 2.85. The van der Waals surface area contributed by atoms with E-state index in [9.17, 15) is 13.2 Å². The number of thioether (sulfide) groups is 1. The Kier molecular flexibility index (Phi) is 5.13. The number of alkyl halides is 3. The van der Waals surface area contributed by atoms with Crippen LogP contribution in [0.25, 0.3) is 0 Å². The van der Waals surface area contributed by atoms with Crippen molar-refractivity contribution in [3.05, 3.63) is 29.8 Å². The summed E-state index contributed by atoms with van der Waals surface area (Å²) in [7, 11) is 0. The fourth-order valence-electron chi connectivity index (χ4n) is 1.88. The van der Waals surface area contributed by atoms with Crippen molar-refractivity contribution in [3.8, 4) is 0 Å². The first-order chi connectivity index (χ1) is 9.05. The van der Waals surface area contributed by atoms with Crippen molar-refractivity contribution in [1.29, 1.82) is 0 Å². The first kappa shape index (κ1) is 14.7. The molecule has 2 nitrogen and oxygen atoms in total. The van der Waals surface area contributed by atoms with Crippen LogP contribution in [-0.2, 0) is 10.9 Å². The predicted molar refractivity (Wildman–Crippen MR) is 69.4 cm³/mol. The Morgan fingerprint density at radius 2 is 1.95 bits per heavy atom. The maximum Gasteiger partial charge on any atom is 0.416 e. The molecule has 1 aromatic rings. The summed E-state index contributed by atoms with van der Waals surface area (Å²) in [6, 6.07) is 5.50. The maximum absolute atomic E-state index is 12.5. The van der Waals surface area contributed by atoms with E-state index in [2.05, 4.69) is 4.90 Å². The van der Waals surface area contributed by atoms with Crippen LogP contribution in [0.1, 0.15) is 5.56 Å². The van der Waals surface area contributed by atoms with Crippen molar-refractivity contribution in [2.45, 2.75) is 11.1 Å². The third-order valence-electron chi connectivity index (χ3n) is 2.94. The lowest BCUT2D eigenvalue weighted by Crippen LogP contribution is -2.37. The highest BCUT2D eigenvalue weighted by molar-refractivity contribution is 7.99. The van der Waals surface area contributed by atoms with Crippen LogP contribution in [-0.4, -0.2) is 43.5 Å². The summed E-state index contributed by atoms with van der Waals surface area (Å²) in [5, 5.41) is 0. The molecule has 1 saturated heterocycles. The van der Waals surface area contributed by atoms with E-state index in [1.807, 2.05) is 0 Å². The zero-order chi connectivity index (χ0) is 13.7. The van der Waals surface area contributed by atoms with Crippen molar-refractivity contribution < 1.29 is 17.9 Å². The molecule has 0 aliphatic carbocycles. The van der Waals surface area contributed by atoms with Gasteiger partial charge in [-0.2, -0.15) is 13.2 Å². The van der Waals surface area contributed by atoms with Gasteiger partial charge in [-0.3, -0.25) is 4.90 Å². The van der Waals surface area contributed by atoms with Gasteiger partial charge in [0, 0.05) is 30.3 Å². The Balaban J connectivity index is 1.82. The number of nitrogens with zero attached hydrogens (tertiary/aromatic N) is 1. The summed E-state index contributed by atoms with van der Waals surface area (Å²) < 4.78 is 42.9. The Hall–Kier alpha value is -0.720. The summed E-state index contributed by atoms with van der Waals surface area (Å²) in [4.78, 5) is 2.94. The van der Waals surface area contributed by atoms with Gasteiger partial charge in [-0.15, -0.1) is 11.8 Å². The lowest BCUT2D eigenvalue weighted by Gasteiger charge is -2.26. The molecule has 0 bridgehead atoms. The van der Waals surface area contributed by atoms with Gasteiger partial charge in [-0.05, 0) is 18.2 Å². The Labute approximate surface area is 114 Å². The number of hydrogen-bond acceptors (Lipinski definition) is 3. The Morgan fingerprint density at radius 1 is 1.21 bits per heavy atom. The smallest absolute Gasteiger partial charge is 0.379 e. The zero-order valence-electron chi connectivity index (χ0n) is 10.4. The van der Waals surface area contributed by atoms with E-state index >= 15 is 0 Å². The Morgan fingerprint density at radius 3 is 2.63 bits per heavy atom. The minimum absolute atomic E-state index is 0.580. The molecule has 1 aromatic carbocycles. The SMILES string of the molecule is FC(F)(F)c1cccc(SCCN2CCOCC2)c1. The molecule has 0 unspecified atom stereocenters. The van der Waals surface area contributed by atoms with Crippen LogP contribution < -0.4 is 0 Å². The average Bonchev–Trinajstić information content (AvgIpc) is 2.39. The van der Waals surface area contributed by atoms with E-state index in [1.165, 1.54) is 23.9 Å². The molecule has 1 aliphatic heterocycles. The van der Waals surface area contributed by atoms with Crippen LogP contribution in [0.3, 0.4) is 0 Å². The van der Waals surface area contributed by atoms with E-state index in [-0.39, 0.29) is 0 Å². The quantitative estimate of drug-likeness (QED) is 0.791. The minimum Gasteiger partial charge on any atom is -0.379 e. The van der Waals surface area contributed by atoms with Crippen molar-refractivity contribution >= 4 is 11.8 Å². The van der Waals surface area contributed by atoms with Crippen LogP contribution in [0, 0.1) is 0 Å². The molecule has 1 fully saturated rings. The normalized spacial score (nSPS) is 17.6. The number of morpholine rings is 1. The molecule has 0 spiro atoms. The van der Waals surface area contributed by atoms with E-state index < -0.39 is 11.7 Å². The highest BCUT2D eigenvalue weighted by Crippen LogP contribution is 2.31. The van der Waals surface area contributed by atoms with Gasteiger partial charge < -0.3 is 4.74 Å². The predicted octanol–water partition coefficient (Wildman–Crippen LogP) is 3.13. The van der Waals surface area contributed by atoms with Gasteiger partial charge in [0.25, 0.3) is 0 Å². The third kappa shape index (κ3) is 4.71. The molecule has 106 valence electrons. The standard InChI is InChI=1S/C13H16F3NOS/c14-13(15,16)11-2-1-3-12(10-11)19-9-6-17-4-7-18-8-5-17/h1-3,10H,4-9H2. The molecule has 1 heterocycles. The molecule has 0 radical (unpaired) electrons. The zero-order valence-corrected chi connectivity index (χ0v) is 11.3. The summed E-state index contributed by atoms with van der Waals surface area (Å²) in [6.07, 6.45) is -4.26. The van der Waals surface area contributed by atoms with Crippen LogP contribution in [0.5, 0.6) is 0 Å². The van der Waals surface area contributed by atoms with Crippen molar-refractivity contribution in [3.63, 3.8) is 0 Å². The third-order valence-corrected chi connectivity index (χ3v) is 3.92. The summed E-state index contributed by atoms with van der Waals surface area (Å²) >= 11 is 1.46. The van der Waals surface area contributed by atoms with Crippen molar-refractivity contribution in [2.24, 2.45) is 0 Å². The van der Waals surface area contributed by atoms with Crippen LogP contribution >= 0.6 is 11.8 Å². The van der Waals surface area contributed by atoms with Gasteiger partial charge in [0.15, 0.2) is 0 Å². The Bertz CT molecular complexity index is 405. The van der Waals surface area contributed by atoms with Gasteiger partial charge in [0.2, 0.25) is 0 Å². The number of halogens is 3. The van der Waals surface area contributed by atoms with E-state index in [1.54, 1.807) is 6.07 Å². The van der Waals surface area contributed by atoms with Crippen LogP contribution in [0.4, 0.5) is 13.2 Å². The second kappa shape index (κ2) is 6.63. The molecule has 0 saturated carbocycles. The van der Waals surface area contributed by atoms with Crippen LogP contribution in [0.15, 0.2) is 29.2 Å². The van der Waals surface area contributed by atoms with Gasteiger partial charge in [0.05, 0.1) is 18.8 Å². The molecule has 0 N–H and O–H groups in total. The van der Waals surface area contributed by atoms with Gasteiger partial charge in [-0.25, -0.2) is 0 Å². The first-order valence-electron chi connectivity index (χ1n) is 6.16. The minimum atomic E-state index is -4.26. The van der Waals surface area contributed by atoms with Crippen LogP contribution in [0.2, 0.25) is 0 Å². The molecule has 2 rings (SSSR count). The van der Waals surface area contributed by atoms with Gasteiger partial charge >= 0.3 is 6.18 Å². The van der Waals surface area contributed by atoms with Gasteiger partial charge in [-0.1, -0.05) is 6.07 Å². The van der Waals surface area contributed by atoms with Gasteiger partial charge in [0.1, 0.15) is 0 Å². The topological polar surface area (TPSA) is 12.5 Å². The lowest BCUT2D eigenvalue weighted by atomic mass is 10.2. The average molecular weight is 291 g/mol. The van der Waals surface area contributed by atoms with Crippen molar-refractivity contribution in [1.82, 2.24) is 4.90 Å². The maximum atomic E-state index is 12.5. The fraction of sp³-hybridized carbons (Fsp3) is 0.538. The molecule has 1 aliphatic rings. The second-order valence-electron chi connectivity index (χ2n) is 4.33. The first-order valence-corrected chi connectivity index (χ1v) is 7.14. The van der Waals surface area contributed by atoms with E-state index in [0.717, 1.165) is 44.7 Å². The molecule has 0 aromatic heterocycles. The molecular formula is C13H16F3NOS. The molecule has 0 amide bonds. The largest absolute Gasteiger partial charge is 0.416 e.